The van der Waals surface area contributed by atoms with Gasteiger partial charge in [-0.2, -0.15) is 0 Å². The third kappa shape index (κ3) is 2.80. The van der Waals surface area contributed by atoms with Crippen LogP contribution >= 0.6 is 15.9 Å². The lowest BCUT2D eigenvalue weighted by molar-refractivity contribution is 0.647. The van der Waals surface area contributed by atoms with Crippen molar-refractivity contribution < 1.29 is 0 Å². The van der Waals surface area contributed by atoms with Crippen molar-refractivity contribution in [1.82, 2.24) is 4.98 Å². The second-order valence-electron chi connectivity index (χ2n) is 5.05. The topological polar surface area (TPSA) is 19.4 Å². The highest BCUT2D eigenvalue weighted by Gasteiger charge is 2.18. The number of hydrogen-bond acceptors (Lipinski definition) is 3. The maximum atomic E-state index is 4.65. The number of halogens is 1. The Labute approximate surface area is 128 Å². The maximum Gasteiger partial charge on any atom is 0.128 e. The molecular weight excluding hydrogens is 314 g/mol. The summed E-state index contributed by atoms with van der Waals surface area (Å²) in [6.45, 7) is 6.15. The van der Waals surface area contributed by atoms with Crippen LogP contribution in [0.3, 0.4) is 0 Å². The number of hydrogen-bond donors (Lipinski definition) is 0. The van der Waals surface area contributed by atoms with Gasteiger partial charge in [-0.1, -0.05) is 18.2 Å². The van der Waals surface area contributed by atoms with Gasteiger partial charge in [0.15, 0.2) is 0 Å². The van der Waals surface area contributed by atoms with E-state index in [1.54, 1.807) is 0 Å². The number of aryl methyl sites for hydroxylation is 1. The van der Waals surface area contributed by atoms with Crippen molar-refractivity contribution in [3.8, 4) is 0 Å². The largest absolute Gasteiger partial charge is 0.368 e. The number of nitrogens with zero attached hydrogens (tertiary/aromatic N) is 3. The first-order valence-electron chi connectivity index (χ1n) is 6.92. The molecule has 1 aromatic carbocycles. The molecule has 20 heavy (non-hydrogen) atoms. The van der Waals surface area contributed by atoms with Gasteiger partial charge in [0, 0.05) is 36.3 Å². The van der Waals surface area contributed by atoms with Crippen LogP contribution in [-0.2, 0) is 0 Å². The van der Waals surface area contributed by atoms with E-state index in [1.165, 1.54) is 5.69 Å². The molecule has 0 saturated carbocycles. The first kappa shape index (κ1) is 13.4. The van der Waals surface area contributed by atoms with Gasteiger partial charge in [-0.05, 0) is 47.1 Å². The minimum Gasteiger partial charge on any atom is -0.368 e. The molecule has 0 N–H and O–H groups in total. The molecule has 3 rings (SSSR count). The molecule has 104 valence electrons. The van der Waals surface area contributed by atoms with E-state index in [9.17, 15) is 0 Å². The van der Waals surface area contributed by atoms with Crippen LogP contribution in [0.5, 0.6) is 0 Å². The van der Waals surface area contributed by atoms with Gasteiger partial charge in [0.05, 0.1) is 5.69 Å². The molecule has 1 aliphatic heterocycles. The quantitative estimate of drug-likeness (QED) is 0.839. The van der Waals surface area contributed by atoms with Crippen LogP contribution in [0.2, 0.25) is 0 Å². The number of aromatic nitrogens is 1. The van der Waals surface area contributed by atoms with Gasteiger partial charge < -0.3 is 9.80 Å². The molecule has 2 aromatic rings. The fourth-order valence-corrected chi connectivity index (χ4v) is 2.76. The summed E-state index contributed by atoms with van der Waals surface area (Å²) in [5, 5.41) is 0. The smallest absolute Gasteiger partial charge is 0.128 e. The number of para-hydroxylation sites is 1. The molecule has 0 unspecified atom stereocenters. The van der Waals surface area contributed by atoms with Gasteiger partial charge in [0.1, 0.15) is 5.82 Å². The molecule has 0 spiro atoms. The van der Waals surface area contributed by atoms with E-state index in [0.29, 0.717) is 0 Å². The Morgan fingerprint density at radius 1 is 0.900 bits per heavy atom. The molecule has 1 fully saturated rings. The van der Waals surface area contributed by atoms with Crippen LogP contribution in [0, 0.1) is 6.92 Å². The van der Waals surface area contributed by atoms with E-state index >= 15 is 0 Å². The molecule has 1 aliphatic rings. The predicted molar refractivity (Wildman–Crippen MR) is 87.5 cm³/mol. The summed E-state index contributed by atoms with van der Waals surface area (Å²) in [4.78, 5) is 9.45. The molecule has 1 aromatic heterocycles. The van der Waals surface area contributed by atoms with Crippen molar-refractivity contribution in [2.45, 2.75) is 6.92 Å². The summed E-state index contributed by atoms with van der Waals surface area (Å²) in [6.07, 6.45) is 0. The van der Waals surface area contributed by atoms with E-state index in [-0.39, 0.29) is 0 Å². The van der Waals surface area contributed by atoms with Crippen molar-refractivity contribution in [2.75, 3.05) is 36.0 Å². The second-order valence-corrected chi connectivity index (χ2v) is 5.90. The highest BCUT2D eigenvalue weighted by molar-refractivity contribution is 9.10. The molecule has 0 aliphatic carbocycles. The molecular formula is C16H18BrN3. The van der Waals surface area contributed by atoms with Crippen molar-refractivity contribution in [3.63, 3.8) is 0 Å². The number of pyridine rings is 1. The minimum atomic E-state index is 1.02. The van der Waals surface area contributed by atoms with Crippen LogP contribution in [-0.4, -0.2) is 31.2 Å². The monoisotopic (exact) mass is 331 g/mol. The molecule has 0 radical (unpaired) electrons. The molecule has 0 bridgehead atoms. The number of anilines is 2. The van der Waals surface area contributed by atoms with Gasteiger partial charge >= 0.3 is 0 Å². The highest BCUT2D eigenvalue weighted by Crippen LogP contribution is 2.22. The Morgan fingerprint density at radius 3 is 2.20 bits per heavy atom. The zero-order valence-electron chi connectivity index (χ0n) is 11.6. The normalized spacial score (nSPS) is 15.5. The summed E-state index contributed by atoms with van der Waals surface area (Å²) in [5.74, 6) is 1.08. The van der Waals surface area contributed by atoms with Gasteiger partial charge in [0.2, 0.25) is 0 Å². The lowest BCUT2D eigenvalue weighted by Gasteiger charge is -2.36. The fraction of sp³-hybridized carbons (Fsp3) is 0.312. The average Bonchev–Trinajstić information content (AvgIpc) is 2.51. The summed E-state index contributed by atoms with van der Waals surface area (Å²) < 4.78 is 1.07. The lowest BCUT2D eigenvalue weighted by Crippen LogP contribution is -2.46. The van der Waals surface area contributed by atoms with Crippen LogP contribution in [0.25, 0.3) is 0 Å². The molecule has 2 heterocycles. The number of rotatable bonds is 2. The van der Waals surface area contributed by atoms with E-state index in [4.69, 9.17) is 0 Å². The SMILES string of the molecule is Cc1nc(N2CCN(c3ccccc3)CC2)ccc1Br. The molecule has 3 nitrogen and oxygen atoms in total. The predicted octanol–water partition coefficient (Wildman–Crippen LogP) is 3.48. The zero-order chi connectivity index (χ0) is 13.9. The Kier molecular flexibility index (Phi) is 3.92. The van der Waals surface area contributed by atoms with E-state index in [1.807, 2.05) is 6.92 Å². The summed E-state index contributed by atoms with van der Waals surface area (Å²) >= 11 is 3.50. The average molecular weight is 332 g/mol. The third-order valence-corrected chi connectivity index (χ3v) is 4.57. The summed E-state index contributed by atoms with van der Waals surface area (Å²) in [5.41, 5.74) is 2.36. The fourth-order valence-electron chi connectivity index (χ4n) is 2.54. The van der Waals surface area contributed by atoms with E-state index in [0.717, 1.165) is 42.2 Å². The van der Waals surface area contributed by atoms with Crippen LogP contribution in [0.4, 0.5) is 11.5 Å². The maximum absolute atomic E-state index is 4.65. The van der Waals surface area contributed by atoms with Gasteiger partial charge in [-0.25, -0.2) is 4.98 Å². The summed E-state index contributed by atoms with van der Waals surface area (Å²) in [7, 11) is 0. The van der Waals surface area contributed by atoms with Crippen molar-refractivity contribution >= 4 is 27.4 Å². The second kappa shape index (κ2) is 5.83. The van der Waals surface area contributed by atoms with Crippen molar-refractivity contribution in [1.29, 1.82) is 0 Å². The van der Waals surface area contributed by atoms with Crippen LogP contribution in [0.1, 0.15) is 5.69 Å². The van der Waals surface area contributed by atoms with Gasteiger partial charge in [-0.3, -0.25) is 0 Å². The Bertz CT molecular complexity index is 578. The number of benzene rings is 1. The van der Waals surface area contributed by atoms with Crippen LogP contribution < -0.4 is 9.80 Å². The highest BCUT2D eigenvalue weighted by atomic mass is 79.9. The lowest BCUT2D eigenvalue weighted by atomic mass is 10.2. The van der Waals surface area contributed by atoms with Crippen molar-refractivity contribution in [3.05, 3.63) is 52.6 Å². The van der Waals surface area contributed by atoms with E-state index < -0.39 is 0 Å². The third-order valence-electron chi connectivity index (χ3n) is 3.73. The first-order chi connectivity index (χ1) is 9.74. The number of piperazine rings is 1. The van der Waals surface area contributed by atoms with Crippen molar-refractivity contribution in [2.24, 2.45) is 0 Å². The van der Waals surface area contributed by atoms with Gasteiger partial charge in [-0.15, -0.1) is 0 Å². The standard InChI is InChI=1S/C16H18BrN3/c1-13-15(17)7-8-16(18-13)20-11-9-19(10-12-20)14-5-3-2-4-6-14/h2-8H,9-12H2,1H3. The zero-order valence-corrected chi connectivity index (χ0v) is 13.2. The molecule has 0 atom stereocenters. The molecule has 0 amide bonds. The summed E-state index contributed by atoms with van der Waals surface area (Å²) in [6, 6.07) is 14.8. The molecule has 1 saturated heterocycles. The van der Waals surface area contributed by atoms with Gasteiger partial charge in [0.25, 0.3) is 0 Å². The Morgan fingerprint density at radius 2 is 1.55 bits per heavy atom. The van der Waals surface area contributed by atoms with E-state index in [2.05, 4.69) is 73.2 Å². The Balaban J connectivity index is 1.68. The molecule has 4 heteroatoms. The Hall–Kier alpha value is -1.55. The minimum absolute atomic E-state index is 1.02. The van der Waals surface area contributed by atoms with Crippen LogP contribution in [0.15, 0.2) is 46.9 Å². The first-order valence-corrected chi connectivity index (χ1v) is 7.71.